The summed E-state index contributed by atoms with van der Waals surface area (Å²) in [5.41, 5.74) is 2.54. The van der Waals surface area contributed by atoms with Gasteiger partial charge in [0.05, 0.1) is 17.6 Å². The second-order valence-electron chi connectivity index (χ2n) is 3.85. The van der Waals surface area contributed by atoms with E-state index in [2.05, 4.69) is 5.10 Å². The minimum absolute atomic E-state index is 0.297. The summed E-state index contributed by atoms with van der Waals surface area (Å²) in [5, 5.41) is 4.03. The Bertz CT molecular complexity index is 444. The largest absolute Gasteiger partial charge is 0.251 e. The van der Waals surface area contributed by atoms with Crippen LogP contribution in [0, 0.1) is 13.8 Å². The van der Waals surface area contributed by atoms with Gasteiger partial charge in [0.25, 0.3) is 10.0 Å². The van der Waals surface area contributed by atoms with Gasteiger partial charge in [-0.3, -0.25) is 0 Å². The van der Waals surface area contributed by atoms with E-state index >= 15 is 0 Å². The summed E-state index contributed by atoms with van der Waals surface area (Å²) in [6, 6.07) is 0. The minimum atomic E-state index is -3.26. The molecule has 5 heteroatoms. The Labute approximate surface area is 85.0 Å². The Balaban J connectivity index is 3.47. The molecular weight excluding hydrogens is 200 g/mol. The van der Waals surface area contributed by atoms with Crippen LogP contribution in [0.2, 0.25) is 0 Å². The van der Waals surface area contributed by atoms with Crippen molar-refractivity contribution in [1.82, 2.24) is 9.19 Å². The third-order valence-electron chi connectivity index (χ3n) is 2.20. The number of nitrogens with zero attached hydrogens (tertiary/aromatic N) is 2. The van der Waals surface area contributed by atoms with Crippen LogP contribution in [-0.2, 0) is 10.0 Å². The molecule has 80 valence electrons. The zero-order valence-electron chi connectivity index (χ0n) is 9.20. The molecule has 0 aliphatic rings. The summed E-state index contributed by atoms with van der Waals surface area (Å²) in [6.07, 6.45) is 1.16. The quantitative estimate of drug-likeness (QED) is 0.751. The van der Waals surface area contributed by atoms with Crippen LogP contribution < -0.4 is 0 Å². The summed E-state index contributed by atoms with van der Waals surface area (Å²) >= 11 is 0. The van der Waals surface area contributed by atoms with Gasteiger partial charge in [-0.1, -0.05) is 13.8 Å². The molecule has 14 heavy (non-hydrogen) atoms. The van der Waals surface area contributed by atoms with Crippen molar-refractivity contribution in [2.45, 2.75) is 33.6 Å². The summed E-state index contributed by atoms with van der Waals surface area (Å²) in [6.45, 7) is 7.69. The van der Waals surface area contributed by atoms with Gasteiger partial charge in [-0.2, -0.15) is 9.19 Å². The van der Waals surface area contributed by atoms with Crippen molar-refractivity contribution in [2.24, 2.45) is 0 Å². The molecule has 1 aromatic heterocycles. The summed E-state index contributed by atoms with van der Waals surface area (Å²) in [5.74, 6) is 0.297. The molecule has 0 unspecified atom stereocenters. The van der Waals surface area contributed by atoms with Crippen molar-refractivity contribution in [3.63, 3.8) is 0 Å². The van der Waals surface area contributed by atoms with E-state index in [1.807, 2.05) is 20.8 Å². The molecular formula is C9H16N2O2S. The van der Waals surface area contributed by atoms with E-state index in [0.29, 0.717) is 5.92 Å². The lowest BCUT2D eigenvalue weighted by Gasteiger charge is -2.05. The maximum Gasteiger partial charge on any atom is 0.251 e. The molecule has 1 aromatic rings. The molecule has 0 spiro atoms. The summed E-state index contributed by atoms with van der Waals surface area (Å²) in [4.78, 5) is 0. The second kappa shape index (κ2) is 3.38. The topological polar surface area (TPSA) is 52.0 Å². The van der Waals surface area contributed by atoms with Crippen LogP contribution in [0.1, 0.15) is 36.7 Å². The first-order valence-corrected chi connectivity index (χ1v) is 6.36. The van der Waals surface area contributed by atoms with E-state index in [1.165, 1.54) is 0 Å². The predicted octanol–water partition coefficient (Wildman–Crippen LogP) is 1.43. The second-order valence-corrected chi connectivity index (χ2v) is 5.66. The van der Waals surface area contributed by atoms with E-state index in [1.54, 1.807) is 6.92 Å². The van der Waals surface area contributed by atoms with E-state index in [9.17, 15) is 8.42 Å². The molecule has 0 fully saturated rings. The van der Waals surface area contributed by atoms with Crippen LogP contribution in [0.3, 0.4) is 0 Å². The fraction of sp³-hybridized carbons (Fsp3) is 0.667. The predicted molar refractivity (Wildman–Crippen MR) is 56.0 cm³/mol. The number of aryl methyl sites for hydroxylation is 1. The monoisotopic (exact) mass is 216 g/mol. The van der Waals surface area contributed by atoms with Crippen molar-refractivity contribution in [2.75, 3.05) is 6.26 Å². The molecule has 0 saturated carbocycles. The standard InChI is InChI=1S/C9H16N2O2S/c1-6(2)9-7(3)10-11(8(9)4)14(5,12)13/h6H,1-5H3. The summed E-state index contributed by atoms with van der Waals surface area (Å²) in [7, 11) is -3.26. The fourth-order valence-electron chi connectivity index (χ4n) is 1.79. The molecule has 1 rings (SSSR count). The van der Waals surface area contributed by atoms with Gasteiger partial charge >= 0.3 is 0 Å². The lowest BCUT2D eigenvalue weighted by molar-refractivity contribution is 0.584. The van der Waals surface area contributed by atoms with Gasteiger partial charge in [0, 0.05) is 0 Å². The Morgan fingerprint density at radius 3 is 2.00 bits per heavy atom. The Kier molecular flexibility index (Phi) is 2.71. The van der Waals surface area contributed by atoms with Crippen molar-refractivity contribution in [3.05, 3.63) is 17.0 Å². The first-order chi connectivity index (χ1) is 6.25. The van der Waals surface area contributed by atoms with Gasteiger partial charge in [-0.05, 0) is 25.3 Å². The lowest BCUT2D eigenvalue weighted by Crippen LogP contribution is -2.13. The third kappa shape index (κ3) is 1.82. The molecule has 0 saturated heterocycles. The molecule has 0 aromatic carbocycles. The highest BCUT2D eigenvalue weighted by molar-refractivity contribution is 7.89. The molecule has 0 N–H and O–H groups in total. The average Bonchev–Trinajstić information content (AvgIpc) is 2.24. The molecule has 0 bridgehead atoms. The van der Waals surface area contributed by atoms with Crippen LogP contribution >= 0.6 is 0 Å². The highest BCUT2D eigenvalue weighted by Gasteiger charge is 2.18. The zero-order chi connectivity index (χ0) is 11.1. The van der Waals surface area contributed by atoms with Gasteiger partial charge in [0.1, 0.15) is 0 Å². The van der Waals surface area contributed by atoms with Crippen LogP contribution in [0.15, 0.2) is 0 Å². The van der Waals surface area contributed by atoms with Crippen molar-refractivity contribution in [3.8, 4) is 0 Å². The first-order valence-electron chi connectivity index (χ1n) is 4.51. The van der Waals surface area contributed by atoms with Crippen LogP contribution in [-0.4, -0.2) is 23.9 Å². The Morgan fingerprint density at radius 1 is 1.29 bits per heavy atom. The van der Waals surface area contributed by atoms with Gasteiger partial charge in [0.2, 0.25) is 0 Å². The van der Waals surface area contributed by atoms with E-state index in [0.717, 1.165) is 27.3 Å². The van der Waals surface area contributed by atoms with Crippen molar-refractivity contribution >= 4 is 10.0 Å². The molecule has 0 radical (unpaired) electrons. The van der Waals surface area contributed by atoms with E-state index in [-0.39, 0.29) is 0 Å². The van der Waals surface area contributed by atoms with E-state index in [4.69, 9.17) is 0 Å². The maximum absolute atomic E-state index is 11.3. The fourth-order valence-corrected chi connectivity index (χ4v) is 2.65. The number of rotatable bonds is 2. The summed E-state index contributed by atoms with van der Waals surface area (Å²) < 4.78 is 23.8. The van der Waals surface area contributed by atoms with Crippen molar-refractivity contribution in [1.29, 1.82) is 0 Å². The van der Waals surface area contributed by atoms with Crippen LogP contribution in [0.4, 0.5) is 0 Å². The first kappa shape index (κ1) is 11.2. The van der Waals surface area contributed by atoms with Crippen molar-refractivity contribution < 1.29 is 8.42 Å². The Morgan fingerprint density at radius 2 is 1.79 bits per heavy atom. The SMILES string of the molecule is Cc1nn(S(C)(=O)=O)c(C)c1C(C)C. The lowest BCUT2D eigenvalue weighted by atomic mass is 10.0. The van der Waals surface area contributed by atoms with Gasteiger partial charge in [-0.15, -0.1) is 0 Å². The average molecular weight is 216 g/mol. The number of hydrogen-bond acceptors (Lipinski definition) is 3. The number of hydrogen-bond donors (Lipinski definition) is 0. The number of aromatic nitrogens is 2. The highest BCUT2D eigenvalue weighted by atomic mass is 32.2. The Hall–Kier alpha value is -0.840. The molecule has 0 amide bonds. The smallest absolute Gasteiger partial charge is 0.205 e. The van der Waals surface area contributed by atoms with Gasteiger partial charge in [0.15, 0.2) is 0 Å². The highest BCUT2D eigenvalue weighted by Crippen LogP contribution is 2.23. The molecule has 0 aliphatic heterocycles. The zero-order valence-corrected chi connectivity index (χ0v) is 10.0. The van der Waals surface area contributed by atoms with Crippen LogP contribution in [0.25, 0.3) is 0 Å². The van der Waals surface area contributed by atoms with Crippen LogP contribution in [0.5, 0.6) is 0 Å². The minimum Gasteiger partial charge on any atom is -0.205 e. The van der Waals surface area contributed by atoms with Gasteiger partial charge in [-0.25, -0.2) is 8.42 Å². The maximum atomic E-state index is 11.3. The normalized spacial score (nSPS) is 12.4. The molecule has 0 aliphatic carbocycles. The van der Waals surface area contributed by atoms with E-state index < -0.39 is 10.0 Å². The van der Waals surface area contributed by atoms with Gasteiger partial charge < -0.3 is 0 Å². The molecule has 4 nitrogen and oxygen atoms in total. The molecule has 0 atom stereocenters. The third-order valence-corrected chi connectivity index (χ3v) is 3.18. The molecule has 1 heterocycles.